The molecule has 0 aromatic heterocycles. The van der Waals surface area contributed by atoms with E-state index in [1.54, 1.807) is 0 Å². The van der Waals surface area contributed by atoms with Crippen LogP contribution in [0, 0.1) is 0 Å². The number of nitrogens with zero attached hydrogens (tertiary/aromatic N) is 1. The molecule has 0 bridgehead atoms. The number of rotatable bonds is 5. The van der Waals surface area contributed by atoms with Gasteiger partial charge in [-0.2, -0.15) is 0 Å². The van der Waals surface area contributed by atoms with Crippen molar-refractivity contribution < 1.29 is 4.79 Å². The summed E-state index contributed by atoms with van der Waals surface area (Å²) < 4.78 is 0. The molecular weight excluding hydrogens is 174 g/mol. The zero-order valence-electron chi connectivity index (χ0n) is 8.96. The maximum Gasteiger partial charge on any atom is 0.157 e. The van der Waals surface area contributed by atoms with E-state index in [4.69, 9.17) is 0 Å². The zero-order chi connectivity index (χ0) is 9.97. The average molecular weight is 193 g/mol. The molecule has 0 radical (unpaired) electrons. The van der Waals surface area contributed by atoms with Crippen LogP contribution in [0.5, 0.6) is 0 Å². The third-order valence-electron chi connectivity index (χ3n) is 3.06. The number of ketones is 1. The summed E-state index contributed by atoms with van der Waals surface area (Å²) in [4.78, 5) is 13.7. The lowest BCUT2D eigenvalue weighted by Crippen LogP contribution is -2.25. The fraction of sp³-hybridized carbons (Fsp3) is 0.750. The second-order valence-electron chi connectivity index (χ2n) is 4.38. The Bertz CT molecular complexity index is 253. The van der Waals surface area contributed by atoms with Crippen LogP contribution in [0.1, 0.15) is 45.4 Å². The van der Waals surface area contributed by atoms with Crippen LogP contribution >= 0.6 is 0 Å². The van der Waals surface area contributed by atoms with Gasteiger partial charge in [0.1, 0.15) is 0 Å². The molecule has 78 valence electrons. The van der Waals surface area contributed by atoms with Crippen LogP contribution in [0.2, 0.25) is 0 Å². The van der Waals surface area contributed by atoms with Gasteiger partial charge in [0.05, 0.1) is 0 Å². The predicted molar refractivity (Wildman–Crippen MR) is 57.0 cm³/mol. The number of hydrogen-bond donors (Lipinski definition) is 0. The van der Waals surface area contributed by atoms with Crippen LogP contribution in [0.4, 0.5) is 0 Å². The molecule has 0 aromatic rings. The van der Waals surface area contributed by atoms with E-state index in [1.807, 2.05) is 6.08 Å². The number of allylic oxidation sites excluding steroid dienone is 2. The third kappa shape index (κ3) is 2.17. The Morgan fingerprint density at radius 1 is 1.43 bits per heavy atom. The van der Waals surface area contributed by atoms with Crippen LogP contribution in [0.15, 0.2) is 11.8 Å². The van der Waals surface area contributed by atoms with Crippen molar-refractivity contribution in [3.05, 3.63) is 11.8 Å². The van der Waals surface area contributed by atoms with Crippen molar-refractivity contribution in [2.45, 2.75) is 51.5 Å². The van der Waals surface area contributed by atoms with Crippen LogP contribution < -0.4 is 0 Å². The lowest BCUT2D eigenvalue weighted by atomic mass is 10.2. The molecule has 2 nitrogen and oxygen atoms in total. The highest BCUT2D eigenvalue weighted by atomic mass is 16.1. The summed E-state index contributed by atoms with van der Waals surface area (Å²) in [5, 5.41) is 0. The molecule has 14 heavy (non-hydrogen) atoms. The molecule has 0 heterocycles. The van der Waals surface area contributed by atoms with Gasteiger partial charge in [-0.15, -0.1) is 0 Å². The van der Waals surface area contributed by atoms with Gasteiger partial charge in [-0.1, -0.05) is 13.3 Å². The smallest absolute Gasteiger partial charge is 0.157 e. The second kappa shape index (κ2) is 4.16. The molecule has 0 atom stereocenters. The summed E-state index contributed by atoms with van der Waals surface area (Å²) in [6.45, 7) is 3.37. The Labute approximate surface area is 86.0 Å². The Hall–Kier alpha value is -0.790. The van der Waals surface area contributed by atoms with Crippen molar-refractivity contribution in [3.8, 4) is 0 Å². The van der Waals surface area contributed by atoms with Crippen LogP contribution in [-0.2, 0) is 4.79 Å². The average Bonchev–Trinajstić information content (AvgIpc) is 2.91. The first kappa shape index (κ1) is 9.75. The Morgan fingerprint density at radius 3 is 2.71 bits per heavy atom. The second-order valence-corrected chi connectivity index (χ2v) is 4.38. The van der Waals surface area contributed by atoms with Gasteiger partial charge in [-0.05, 0) is 25.7 Å². The largest absolute Gasteiger partial charge is 0.372 e. The Balaban J connectivity index is 1.95. The summed E-state index contributed by atoms with van der Waals surface area (Å²) in [5.74, 6) is 0.321. The van der Waals surface area contributed by atoms with E-state index < -0.39 is 0 Å². The first-order valence-corrected chi connectivity index (χ1v) is 5.81. The Kier molecular flexibility index (Phi) is 2.90. The van der Waals surface area contributed by atoms with Crippen LogP contribution in [-0.4, -0.2) is 23.3 Å². The number of unbranched alkanes of at least 4 members (excludes halogenated alkanes) is 1. The monoisotopic (exact) mass is 193 g/mol. The highest BCUT2D eigenvalue weighted by Crippen LogP contribution is 2.33. The molecule has 0 N–H and O–H groups in total. The van der Waals surface area contributed by atoms with Crippen LogP contribution in [0.25, 0.3) is 0 Å². The fourth-order valence-electron chi connectivity index (χ4n) is 2.08. The molecule has 0 spiro atoms. The van der Waals surface area contributed by atoms with Gasteiger partial charge in [-0.25, -0.2) is 0 Å². The molecule has 0 aromatic carbocycles. The van der Waals surface area contributed by atoms with Crippen molar-refractivity contribution >= 4 is 5.78 Å². The molecule has 0 unspecified atom stereocenters. The summed E-state index contributed by atoms with van der Waals surface area (Å²) >= 11 is 0. The Morgan fingerprint density at radius 2 is 2.21 bits per heavy atom. The normalized spacial score (nSPS) is 21.2. The highest BCUT2D eigenvalue weighted by molar-refractivity contribution is 5.92. The van der Waals surface area contributed by atoms with Gasteiger partial charge in [0, 0.05) is 30.8 Å². The number of carbonyl (C=O) groups is 1. The number of hydrogen-bond acceptors (Lipinski definition) is 2. The van der Waals surface area contributed by atoms with E-state index in [1.165, 1.54) is 31.4 Å². The summed E-state index contributed by atoms with van der Waals surface area (Å²) in [7, 11) is 0. The summed E-state index contributed by atoms with van der Waals surface area (Å²) in [6.07, 6.45) is 8.74. The predicted octanol–water partition coefficient (Wildman–Crippen LogP) is 2.50. The van der Waals surface area contributed by atoms with E-state index in [2.05, 4.69) is 11.8 Å². The number of carbonyl (C=O) groups excluding carboxylic acids is 1. The lowest BCUT2D eigenvalue weighted by Gasteiger charge is -2.25. The van der Waals surface area contributed by atoms with Crippen molar-refractivity contribution in [2.24, 2.45) is 0 Å². The van der Waals surface area contributed by atoms with Crippen molar-refractivity contribution in [1.82, 2.24) is 4.90 Å². The standard InChI is InChI=1S/C12H19NO/c1-2-3-8-13(10-4-5-10)11-6-7-12(14)9-11/h9-10H,2-8H2,1H3. The SMILES string of the molecule is CCCCN(C1=CC(=O)CC1)C1CC1. The fourth-order valence-corrected chi connectivity index (χ4v) is 2.08. The van der Waals surface area contributed by atoms with E-state index in [0.29, 0.717) is 5.78 Å². The molecule has 0 aliphatic heterocycles. The highest BCUT2D eigenvalue weighted by Gasteiger charge is 2.31. The molecule has 1 fully saturated rings. The van der Waals surface area contributed by atoms with Gasteiger partial charge in [0.25, 0.3) is 0 Å². The maximum absolute atomic E-state index is 11.2. The van der Waals surface area contributed by atoms with Gasteiger partial charge < -0.3 is 4.90 Å². The first-order chi connectivity index (χ1) is 6.81. The summed E-state index contributed by atoms with van der Waals surface area (Å²) in [5.41, 5.74) is 1.31. The van der Waals surface area contributed by atoms with Gasteiger partial charge in [0.2, 0.25) is 0 Å². The molecule has 0 amide bonds. The topological polar surface area (TPSA) is 20.3 Å². The molecular formula is C12H19NO. The van der Waals surface area contributed by atoms with Crippen molar-refractivity contribution in [3.63, 3.8) is 0 Å². The molecule has 2 aliphatic rings. The third-order valence-corrected chi connectivity index (χ3v) is 3.06. The van der Waals surface area contributed by atoms with E-state index in [9.17, 15) is 4.79 Å². The molecule has 2 heteroatoms. The van der Waals surface area contributed by atoms with Crippen molar-refractivity contribution in [2.75, 3.05) is 6.54 Å². The molecule has 1 saturated carbocycles. The van der Waals surface area contributed by atoms with E-state index in [0.717, 1.165) is 25.4 Å². The van der Waals surface area contributed by atoms with Gasteiger partial charge in [-0.3, -0.25) is 4.79 Å². The first-order valence-electron chi connectivity index (χ1n) is 5.81. The van der Waals surface area contributed by atoms with E-state index in [-0.39, 0.29) is 0 Å². The molecule has 2 rings (SSSR count). The van der Waals surface area contributed by atoms with Gasteiger partial charge >= 0.3 is 0 Å². The molecule has 2 aliphatic carbocycles. The minimum Gasteiger partial charge on any atom is -0.372 e. The minimum absolute atomic E-state index is 0.321. The van der Waals surface area contributed by atoms with Gasteiger partial charge in [0.15, 0.2) is 5.78 Å². The minimum atomic E-state index is 0.321. The summed E-state index contributed by atoms with van der Waals surface area (Å²) in [6, 6.07) is 0.763. The molecule has 0 saturated heterocycles. The van der Waals surface area contributed by atoms with E-state index >= 15 is 0 Å². The maximum atomic E-state index is 11.2. The van der Waals surface area contributed by atoms with Crippen molar-refractivity contribution in [1.29, 1.82) is 0 Å². The van der Waals surface area contributed by atoms with Crippen LogP contribution in [0.3, 0.4) is 0 Å². The lowest BCUT2D eigenvalue weighted by molar-refractivity contribution is -0.114. The zero-order valence-corrected chi connectivity index (χ0v) is 8.96. The quantitative estimate of drug-likeness (QED) is 0.668.